The largest absolute Gasteiger partial charge is 0.463 e. The van der Waals surface area contributed by atoms with Crippen molar-refractivity contribution in [1.82, 2.24) is 0 Å². The summed E-state index contributed by atoms with van der Waals surface area (Å²) < 4.78 is 19.9. The fourth-order valence-electron chi connectivity index (χ4n) is 1.16. The minimum absolute atomic E-state index is 0.123. The average molecular weight is 286 g/mol. The number of carbonyl (C=O) groups excluding carboxylic acids is 2. The lowest BCUT2D eigenvalue weighted by molar-refractivity contribution is -0.145. The Bertz CT molecular complexity index is 307. The zero-order valence-electron chi connectivity index (χ0n) is 11.9. The fourth-order valence-corrected chi connectivity index (χ4v) is 1.16. The molecule has 20 heavy (non-hydrogen) atoms. The van der Waals surface area contributed by atoms with Crippen molar-refractivity contribution in [3.05, 3.63) is 0 Å². The Balaban J connectivity index is 3.15. The second-order valence-electron chi connectivity index (χ2n) is 3.83. The van der Waals surface area contributed by atoms with Crippen molar-refractivity contribution in [1.29, 1.82) is 0 Å². The Morgan fingerprint density at radius 3 is 2.05 bits per heavy atom. The van der Waals surface area contributed by atoms with E-state index in [4.69, 9.17) is 20.6 Å². The number of rotatable bonds is 12. The van der Waals surface area contributed by atoms with E-state index in [9.17, 15) is 9.59 Å². The van der Waals surface area contributed by atoms with Gasteiger partial charge in [0.15, 0.2) is 0 Å². The summed E-state index contributed by atoms with van der Waals surface area (Å²) in [6, 6.07) is 0. The fraction of sp³-hybridized carbons (Fsp3) is 0.714. The van der Waals surface area contributed by atoms with Gasteiger partial charge in [0.25, 0.3) is 0 Å². The van der Waals surface area contributed by atoms with E-state index in [0.717, 1.165) is 12.8 Å². The summed E-state index contributed by atoms with van der Waals surface area (Å²) in [5.74, 6) is 0.937. The molecule has 0 saturated heterocycles. The molecule has 0 radical (unpaired) electrons. The number of unbranched alkanes of at least 4 members (excludes halogenated alkanes) is 1. The van der Waals surface area contributed by atoms with Gasteiger partial charge in [0, 0.05) is 12.3 Å². The summed E-state index contributed by atoms with van der Waals surface area (Å²) in [7, 11) is 0. The summed E-state index contributed by atoms with van der Waals surface area (Å²) >= 11 is 0. The first kappa shape index (κ1) is 18.4. The van der Waals surface area contributed by atoms with Crippen LogP contribution in [0.1, 0.15) is 26.2 Å². The van der Waals surface area contributed by atoms with E-state index in [0.29, 0.717) is 26.2 Å². The monoisotopic (exact) mass is 286 g/mol. The van der Waals surface area contributed by atoms with Crippen LogP contribution in [0.2, 0.25) is 0 Å². The molecule has 114 valence electrons. The molecule has 0 fully saturated rings. The van der Waals surface area contributed by atoms with Gasteiger partial charge >= 0.3 is 11.9 Å². The van der Waals surface area contributed by atoms with Gasteiger partial charge in [-0.3, -0.25) is 4.79 Å². The smallest absolute Gasteiger partial charge is 0.384 e. The summed E-state index contributed by atoms with van der Waals surface area (Å²) in [6.07, 6.45) is 7.08. The first-order valence-corrected chi connectivity index (χ1v) is 6.65. The standard InChI is InChI=1S/C14H22O6/c1-3-5-6-14(16)20-12-10-18-8-7-17-9-11-19-13(15)4-2/h2H,3,5-12H2,1H3. The van der Waals surface area contributed by atoms with Crippen molar-refractivity contribution in [2.75, 3.05) is 39.6 Å². The Morgan fingerprint density at radius 2 is 1.50 bits per heavy atom. The zero-order valence-corrected chi connectivity index (χ0v) is 11.9. The molecule has 0 aromatic heterocycles. The molecule has 0 aliphatic rings. The van der Waals surface area contributed by atoms with E-state index in [1.165, 1.54) is 0 Å². The van der Waals surface area contributed by atoms with E-state index >= 15 is 0 Å². The summed E-state index contributed by atoms with van der Waals surface area (Å²) in [4.78, 5) is 21.7. The topological polar surface area (TPSA) is 71.1 Å². The molecule has 0 spiro atoms. The maximum atomic E-state index is 11.1. The van der Waals surface area contributed by atoms with Crippen LogP contribution in [0.3, 0.4) is 0 Å². The number of carbonyl (C=O) groups is 2. The predicted octanol–water partition coefficient (Wildman–Crippen LogP) is 0.929. The van der Waals surface area contributed by atoms with Crippen molar-refractivity contribution < 1.29 is 28.5 Å². The average Bonchev–Trinajstić information content (AvgIpc) is 2.46. The third-order valence-electron chi connectivity index (χ3n) is 2.18. The van der Waals surface area contributed by atoms with Crippen LogP contribution in [0.15, 0.2) is 0 Å². The molecule has 0 aromatic carbocycles. The molecule has 0 aliphatic heterocycles. The molecule has 6 nitrogen and oxygen atoms in total. The van der Waals surface area contributed by atoms with Gasteiger partial charge in [-0.05, 0) is 6.42 Å². The van der Waals surface area contributed by atoms with Gasteiger partial charge in [0.2, 0.25) is 0 Å². The second-order valence-corrected chi connectivity index (χ2v) is 3.83. The van der Waals surface area contributed by atoms with Crippen LogP contribution in [0, 0.1) is 12.3 Å². The van der Waals surface area contributed by atoms with Gasteiger partial charge in [-0.25, -0.2) is 4.79 Å². The van der Waals surface area contributed by atoms with Crippen molar-refractivity contribution in [3.8, 4) is 12.3 Å². The lowest BCUT2D eigenvalue weighted by Gasteiger charge is -2.06. The lowest BCUT2D eigenvalue weighted by atomic mass is 10.2. The van der Waals surface area contributed by atoms with Crippen molar-refractivity contribution in [3.63, 3.8) is 0 Å². The van der Waals surface area contributed by atoms with Crippen LogP contribution in [0.25, 0.3) is 0 Å². The maximum absolute atomic E-state index is 11.1. The minimum Gasteiger partial charge on any atom is -0.463 e. The van der Waals surface area contributed by atoms with Crippen molar-refractivity contribution >= 4 is 11.9 Å². The number of esters is 2. The zero-order chi connectivity index (χ0) is 15.1. The SMILES string of the molecule is C#CC(=O)OCCOCCOCCOC(=O)CCCC. The number of hydrogen-bond acceptors (Lipinski definition) is 6. The van der Waals surface area contributed by atoms with Gasteiger partial charge in [0.05, 0.1) is 26.4 Å². The highest BCUT2D eigenvalue weighted by Gasteiger charge is 2.01. The van der Waals surface area contributed by atoms with Gasteiger partial charge in [-0.1, -0.05) is 13.3 Å². The van der Waals surface area contributed by atoms with Gasteiger partial charge < -0.3 is 18.9 Å². The second kappa shape index (κ2) is 13.8. The first-order chi connectivity index (χ1) is 9.70. The molecular weight excluding hydrogens is 264 g/mol. The van der Waals surface area contributed by atoms with E-state index in [-0.39, 0.29) is 25.8 Å². The molecule has 0 unspecified atom stereocenters. The van der Waals surface area contributed by atoms with Crippen LogP contribution in [-0.2, 0) is 28.5 Å². The highest BCUT2D eigenvalue weighted by atomic mass is 16.6. The normalized spacial score (nSPS) is 9.80. The van der Waals surface area contributed by atoms with Gasteiger partial charge in [-0.2, -0.15) is 0 Å². The summed E-state index contributed by atoms with van der Waals surface area (Å²) in [6.45, 7) is 3.76. The molecule has 0 aliphatic carbocycles. The van der Waals surface area contributed by atoms with Crippen molar-refractivity contribution in [2.24, 2.45) is 0 Å². The number of hydrogen-bond donors (Lipinski definition) is 0. The molecule has 0 N–H and O–H groups in total. The van der Waals surface area contributed by atoms with Gasteiger partial charge in [-0.15, -0.1) is 6.42 Å². The molecular formula is C14H22O6. The minimum atomic E-state index is -0.699. The number of ether oxygens (including phenoxy) is 4. The maximum Gasteiger partial charge on any atom is 0.384 e. The Labute approximate surface area is 119 Å². The molecule has 0 aromatic rings. The van der Waals surface area contributed by atoms with Crippen LogP contribution in [0.5, 0.6) is 0 Å². The van der Waals surface area contributed by atoms with E-state index in [1.54, 1.807) is 0 Å². The summed E-state index contributed by atoms with van der Waals surface area (Å²) in [5.41, 5.74) is 0. The van der Waals surface area contributed by atoms with Crippen LogP contribution >= 0.6 is 0 Å². The number of terminal acetylenes is 1. The third kappa shape index (κ3) is 12.9. The van der Waals surface area contributed by atoms with Crippen LogP contribution < -0.4 is 0 Å². The Morgan fingerprint density at radius 1 is 0.950 bits per heavy atom. The van der Waals surface area contributed by atoms with Crippen LogP contribution in [-0.4, -0.2) is 51.6 Å². The van der Waals surface area contributed by atoms with Gasteiger partial charge in [0.1, 0.15) is 13.2 Å². The predicted molar refractivity (Wildman–Crippen MR) is 71.9 cm³/mol. The molecule has 0 bridgehead atoms. The quantitative estimate of drug-likeness (QED) is 0.230. The summed E-state index contributed by atoms with van der Waals surface area (Å²) in [5, 5.41) is 0. The third-order valence-corrected chi connectivity index (χ3v) is 2.18. The van der Waals surface area contributed by atoms with E-state index < -0.39 is 5.97 Å². The molecule has 0 amide bonds. The lowest BCUT2D eigenvalue weighted by Crippen LogP contribution is -2.14. The molecule has 0 saturated carbocycles. The van der Waals surface area contributed by atoms with Crippen molar-refractivity contribution in [2.45, 2.75) is 26.2 Å². The highest BCUT2D eigenvalue weighted by Crippen LogP contribution is 1.96. The van der Waals surface area contributed by atoms with Crippen LogP contribution in [0.4, 0.5) is 0 Å². The molecule has 0 atom stereocenters. The van der Waals surface area contributed by atoms with E-state index in [2.05, 4.69) is 4.74 Å². The first-order valence-electron chi connectivity index (χ1n) is 6.65. The van der Waals surface area contributed by atoms with E-state index in [1.807, 2.05) is 12.8 Å². The molecule has 6 heteroatoms. The molecule has 0 heterocycles. The highest BCUT2D eigenvalue weighted by molar-refractivity contribution is 5.87. The Hall–Kier alpha value is -1.58. The Kier molecular flexibility index (Phi) is 12.7. The molecule has 0 rings (SSSR count).